The van der Waals surface area contributed by atoms with Crippen molar-refractivity contribution in [3.8, 4) is 0 Å². The van der Waals surface area contributed by atoms with Crippen LogP contribution in [-0.4, -0.2) is 37.0 Å². The smallest absolute Gasteiger partial charge is 0.298 e. The molecular weight excluding hydrogens is 377 g/mol. The maximum Gasteiger partial charge on any atom is 0.523 e. The summed E-state index contributed by atoms with van der Waals surface area (Å²) in [6, 6.07) is 0. The number of rotatable bonds is 11. The molecule has 0 saturated heterocycles. The second-order valence-corrected chi connectivity index (χ2v) is 11.6. The molecule has 0 aromatic carbocycles. The van der Waals surface area contributed by atoms with Gasteiger partial charge in [0.25, 0.3) is 0 Å². The lowest BCUT2D eigenvalue weighted by Gasteiger charge is -2.38. The molecule has 0 atom stereocenters. The van der Waals surface area contributed by atoms with Crippen LogP contribution in [0.15, 0.2) is 0 Å². The first-order valence-electron chi connectivity index (χ1n) is 8.88. The van der Waals surface area contributed by atoms with Gasteiger partial charge < -0.3 is 0 Å². The molecule has 0 amide bonds. The van der Waals surface area contributed by atoms with Crippen LogP contribution in [0.4, 0.5) is 13.2 Å². The Kier molecular flexibility index (Phi) is 8.74. The van der Waals surface area contributed by atoms with Gasteiger partial charge in [0.2, 0.25) is 0 Å². The first kappa shape index (κ1) is 22.8. The number of Topliss-reactive ketones (excluding diaryl/α,β-unsaturated/α-hetero) is 1. The third-order valence-electron chi connectivity index (χ3n) is 4.47. The molecule has 0 aromatic rings. The molecule has 0 aliphatic heterocycles. The molecule has 0 spiro atoms. The van der Waals surface area contributed by atoms with E-state index in [1.807, 2.05) is 13.8 Å². The summed E-state index contributed by atoms with van der Waals surface area (Å²) in [5, 5.41) is 0. The Morgan fingerprint density at radius 2 is 1.52 bits per heavy atom. The van der Waals surface area contributed by atoms with Gasteiger partial charge in [-0.25, -0.2) is 3.63 Å². The summed E-state index contributed by atoms with van der Waals surface area (Å²) in [4.78, 5) is 12.6. The minimum absolute atomic E-state index is 0.128. The van der Waals surface area contributed by atoms with Gasteiger partial charge in [0.05, 0.1) is 5.75 Å². The van der Waals surface area contributed by atoms with Crippen molar-refractivity contribution in [1.82, 2.24) is 0 Å². The predicted octanol–water partition coefficient (Wildman–Crippen LogP) is 4.93. The van der Waals surface area contributed by atoms with Crippen molar-refractivity contribution >= 4 is 26.2 Å². The van der Waals surface area contributed by atoms with Crippen molar-refractivity contribution in [1.29, 1.82) is 0 Å². The largest absolute Gasteiger partial charge is 0.523 e. The topological polar surface area (TPSA) is 60.4 Å². The Labute approximate surface area is 150 Å². The standard InChI is InChI=1S/C16H29F3O4S2/c1-3-5-11-24(12-6-4-2,23-25(21,22)16(17,18)19)13-15(20)14-9-7-8-10-14/h14H,3-13H2,1-2H3. The molecule has 1 fully saturated rings. The summed E-state index contributed by atoms with van der Waals surface area (Å²) < 4.78 is 66.7. The van der Waals surface area contributed by atoms with E-state index in [0.29, 0.717) is 25.7 Å². The van der Waals surface area contributed by atoms with Crippen molar-refractivity contribution in [3.63, 3.8) is 0 Å². The highest BCUT2D eigenvalue weighted by molar-refractivity contribution is 8.33. The molecule has 25 heavy (non-hydrogen) atoms. The van der Waals surface area contributed by atoms with Crippen LogP contribution in [0.25, 0.3) is 0 Å². The zero-order chi connectivity index (χ0) is 19.1. The van der Waals surface area contributed by atoms with Crippen molar-refractivity contribution in [2.45, 2.75) is 70.7 Å². The highest BCUT2D eigenvalue weighted by Crippen LogP contribution is 2.54. The fourth-order valence-electron chi connectivity index (χ4n) is 3.01. The van der Waals surface area contributed by atoms with Crippen molar-refractivity contribution in [2.75, 3.05) is 17.3 Å². The fraction of sp³-hybridized carbons (Fsp3) is 0.938. The van der Waals surface area contributed by atoms with Crippen LogP contribution in [-0.2, 0) is 18.5 Å². The van der Waals surface area contributed by atoms with Crippen LogP contribution < -0.4 is 0 Å². The van der Waals surface area contributed by atoms with E-state index in [2.05, 4.69) is 0 Å². The number of hydrogen-bond acceptors (Lipinski definition) is 4. The SMILES string of the molecule is CCCCS(CCCC)(CC(=O)C1CCCC1)OS(=O)(=O)C(F)(F)F. The van der Waals surface area contributed by atoms with Crippen LogP contribution in [0.2, 0.25) is 0 Å². The van der Waals surface area contributed by atoms with Gasteiger partial charge in [0.15, 0.2) is 0 Å². The second-order valence-electron chi connectivity index (χ2n) is 6.64. The van der Waals surface area contributed by atoms with E-state index >= 15 is 0 Å². The summed E-state index contributed by atoms with van der Waals surface area (Å²) >= 11 is 0. The maximum absolute atomic E-state index is 12.9. The Bertz CT molecular complexity index is 518. The summed E-state index contributed by atoms with van der Waals surface area (Å²) in [7, 11) is -8.36. The molecule has 4 nitrogen and oxygen atoms in total. The van der Waals surface area contributed by atoms with E-state index in [0.717, 1.165) is 25.7 Å². The van der Waals surface area contributed by atoms with Gasteiger partial charge in [0.1, 0.15) is 5.78 Å². The van der Waals surface area contributed by atoms with Crippen molar-refractivity contribution in [2.24, 2.45) is 5.92 Å². The van der Waals surface area contributed by atoms with E-state index in [1.54, 1.807) is 0 Å². The van der Waals surface area contributed by atoms with Gasteiger partial charge in [-0.05, 0) is 25.7 Å². The van der Waals surface area contributed by atoms with E-state index < -0.39 is 25.9 Å². The Balaban J connectivity index is 3.08. The van der Waals surface area contributed by atoms with Gasteiger partial charge in [-0.2, -0.15) is 21.6 Å². The number of alkyl halides is 3. The molecule has 1 saturated carbocycles. The number of hydrogen-bond donors (Lipinski definition) is 0. The molecule has 0 radical (unpaired) electrons. The van der Waals surface area contributed by atoms with E-state index in [9.17, 15) is 26.4 Å². The van der Waals surface area contributed by atoms with Crippen LogP contribution in [0, 0.1) is 5.92 Å². The number of ketones is 1. The third kappa shape index (κ3) is 6.75. The average Bonchev–Trinajstić information content (AvgIpc) is 3.04. The highest BCUT2D eigenvalue weighted by atomic mass is 32.3. The second kappa shape index (κ2) is 9.60. The minimum atomic E-state index is -5.70. The van der Waals surface area contributed by atoms with E-state index in [-0.39, 0.29) is 29.0 Å². The third-order valence-corrected chi connectivity index (χ3v) is 9.79. The molecule has 0 unspecified atom stereocenters. The summed E-state index contributed by atoms with van der Waals surface area (Å²) in [5.41, 5.74) is -5.46. The van der Waals surface area contributed by atoms with Crippen LogP contribution in [0.5, 0.6) is 0 Å². The molecule has 150 valence electrons. The Morgan fingerprint density at radius 3 is 1.92 bits per heavy atom. The van der Waals surface area contributed by atoms with Gasteiger partial charge in [-0.15, -0.1) is 10.3 Å². The normalized spacial score (nSPS) is 17.8. The molecule has 1 aliphatic rings. The van der Waals surface area contributed by atoms with Gasteiger partial charge in [-0.3, -0.25) is 4.79 Å². The molecular formula is C16H29F3O4S2. The van der Waals surface area contributed by atoms with E-state index in [4.69, 9.17) is 3.63 Å². The summed E-state index contributed by atoms with van der Waals surface area (Å²) in [5.74, 6) is -0.0222. The molecule has 9 heteroatoms. The van der Waals surface area contributed by atoms with Gasteiger partial charge in [-0.1, -0.05) is 39.5 Å². The van der Waals surface area contributed by atoms with Crippen LogP contribution in [0.1, 0.15) is 65.2 Å². The zero-order valence-corrected chi connectivity index (χ0v) is 16.6. The minimum Gasteiger partial charge on any atom is -0.298 e. The lowest BCUT2D eigenvalue weighted by molar-refractivity contribution is -0.120. The Hall–Kier alpha value is -0.280. The van der Waals surface area contributed by atoms with E-state index in [1.165, 1.54) is 0 Å². The van der Waals surface area contributed by atoms with Crippen LogP contribution in [0.3, 0.4) is 0 Å². The molecule has 0 bridgehead atoms. The maximum atomic E-state index is 12.9. The van der Waals surface area contributed by atoms with Crippen LogP contribution >= 0.6 is 10.3 Å². The average molecular weight is 407 g/mol. The number of unbranched alkanes of at least 4 members (excludes halogenated alkanes) is 2. The predicted molar refractivity (Wildman–Crippen MR) is 95.0 cm³/mol. The monoisotopic (exact) mass is 406 g/mol. The number of halogens is 3. The van der Waals surface area contributed by atoms with Crippen molar-refractivity contribution < 1.29 is 30.0 Å². The fourth-order valence-corrected chi connectivity index (χ4v) is 8.45. The van der Waals surface area contributed by atoms with Crippen molar-refractivity contribution in [3.05, 3.63) is 0 Å². The number of carbonyl (C=O) groups excluding carboxylic acids is 1. The summed E-state index contributed by atoms with van der Waals surface area (Å²) in [6.45, 7) is 3.75. The molecule has 0 N–H and O–H groups in total. The molecule has 1 rings (SSSR count). The first-order chi connectivity index (χ1) is 11.6. The van der Waals surface area contributed by atoms with Gasteiger partial charge in [0, 0.05) is 17.4 Å². The quantitative estimate of drug-likeness (QED) is 0.456. The van der Waals surface area contributed by atoms with Gasteiger partial charge >= 0.3 is 15.6 Å². The first-order valence-corrected chi connectivity index (χ1v) is 12.4. The molecule has 0 heterocycles. The molecule has 1 aliphatic carbocycles. The zero-order valence-electron chi connectivity index (χ0n) is 14.9. The number of carbonyl (C=O) groups is 1. The summed E-state index contributed by atoms with van der Waals surface area (Å²) in [6.07, 6.45) is 5.84. The molecule has 0 aromatic heterocycles. The lowest BCUT2D eigenvalue weighted by Crippen LogP contribution is -2.33. The lowest BCUT2D eigenvalue weighted by atomic mass is 10.0. The Morgan fingerprint density at radius 1 is 1.04 bits per heavy atom. The highest BCUT2D eigenvalue weighted by Gasteiger charge is 2.51.